The molecule has 0 bridgehead atoms. The number of amides is 1. The summed E-state index contributed by atoms with van der Waals surface area (Å²) in [4.78, 5) is 12.7. The molecule has 30 heavy (non-hydrogen) atoms. The van der Waals surface area contributed by atoms with Crippen LogP contribution >= 0.6 is 0 Å². The summed E-state index contributed by atoms with van der Waals surface area (Å²) in [5.41, 5.74) is 1.50. The van der Waals surface area contributed by atoms with Gasteiger partial charge < -0.3 is 19.2 Å². The van der Waals surface area contributed by atoms with Gasteiger partial charge in [0.25, 0.3) is 5.91 Å². The van der Waals surface area contributed by atoms with Crippen molar-refractivity contribution in [3.05, 3.63) is 71.7 Å². The zero-order valence-corrected chi connectivity index (χ0v) is 17.2. The fourth-order valence-corrected chi connectivity index (χ4v) is 4.08. The minimum Gasteiger partial charge on any atom is -0.455 e. The Hall–Kier alpha value is -3.30. The molecule has 1 N–H and O–H groups in total. The number of aryl methyl sites for hydroxylation is 1. The molecule has 0 fully saturated rings. The lowest BCUT2D eigenvalue weighted by Crippen LogP contribution is -2.26. The van der Waals surface area contributed by atoms with Crippen LogP contribution in [-0.4, -0.2) is 32.5 Å². The van der Waals surface area contributed by atoms with Crippen molar-refractivity contribution >= 4 is 21.6 Å². The second kappa shape index (κ2) is 7.85. The Morgan fingerprint density at radius 3 is 2.53 bits per heavy atom. The maximum absolute atomic E-state index is 12.7. The zero-order chi connectivity index (χ0) is 21.3. The number of nitrogens with one attached hydrogen (secondary N) is 1. The van der Waals surface area contributed by atoms with Crippen molar-refractivity contribution in [3.63, 3.8) is 0 Å². The van der Waals surface area contributed by atoms with E-state index in [0.717, 1.165) is 5.56 Å². The van der Waals surface area contributed by atoms with E-state index in [1.54, 1.807) is 48.5 Å². The SMILES string of the molecule is Cc1ccc(S(=O)(=O)N(C)Cc2ccc(C(=O)Nc3ccc4c(c3)OCO4)o2)cc1. The fraction of sp³-hybridized carbons (Fsp3) is 0.190. The lowest BCUT2D eigenvalue weighted by molar-refractivity contribution is 0.0994. The van der Waals surface area contributed by atoms with Crippen molar-refractivity contribution in [2.75, 3.05) is 19.2 Å². The average molecular weight is 428 g/mol. The van der Waals surface area contributed by atoms with Gasteiger partial charge in [0.15, 0.2) is 17.3 Å². The topological polar surface area (TPSA) is 98.1 Å². The molecule has 156 valence electrons. The van der Waals surface area contributed by atoms with Crippen LogP contribution in [0.3, 0.4) is 0 Å². The molecule has 0 saturated carbocycles. The van der Waals surface area contributed by atoms with Crippen molar-refractivity contribution in [1.29, 1.82) is 0 Å². The molecule has 0 saturated heterocycles. The first-order chi connectivity index (χ1) is 14.3. The van der Waals surface area contributed by atoms with Gasteiger partial charge >= 0.3 is 0 Å². The van der Waals surface area contributed by atoms with E-state index in [-0.39, 0.29) is 24.0 Å². The summed E-state index contributed by atoms with van der Waals surface area (Å²) in [5.74, 6) is 1.14. The molecule has 0 spiro atoms. The number of nitrogens with zero attached hydrogens (tertiary/aromatic N) is 1. The number of fused-ring (bicyclic) bond motifs is 1. The second-order valence-electron chi connectivity index (χ2n) is 6.86. The molecule has 1 aliphatic heterocycles. The highest BCUT2D eigenvalue weighted by atomic mass is 32.2. The van der Waals surface area contributed by atoms with Crippen LogP contribution in [0.2, 0.25) is 0 Å². The smallest absolute Gasteiger partial charge is 0.291 e. The summed E-state index contributed by atoms with van der Waals surface area (Å²) in [6, 6.07) is 14.7. The van der Waals surface area contributed by atoms with Gasteiger partial charge in [-0.25, -0.2) is 8.42 Å². The summed E-state index contributed by atoms with van der Waals surface area (Å²) in [5, 5.41) is 2.72. The van der Waals surface area contributed by atoms with Gasteiger partial charge in [0, 0.05) is 18.8 Å². The van der Waals surface area contributed by atoms with Gasteiger partial charge in [-0.2, -0.15) is 4.31 Å². The Kier molecular flexibility index (Phi) is 5.23. The van der Waals surface area contributed by atoms with Gasteiger partial charge in [-0.15, -0.1) is 0 Å². The van der Waals surface area contributed by atoms with Gasteiger partial charge in [0.05, 0.1) is 11.4 Å². The molecule has 0 atom stereocenters. The first-order valence-corrected chi connectivity index (χ1v) is 10.6. The van der Waals surface area contributed by atoms with Crippen LogP contribution in [0.5, 0.6) is 11.5 Å². The number of hydrogen-bond donors (Lipinski definition) is 1. The first-order valence-electron chi connectivity index (χ1n) is 9.16. The van der Waals surface area contributed by atoms with Gasteiger partial charge in [-0.1, -0.05) is 17.7 Å². The molecule has 0 radical (unpaired) electrons. The van der Waals surface area contributed by atoms with E-state index < -0.39 is 15.9 Å². The first kappa shape index (κ1) is 20.0. The Labute approximate surface area is 174 Å². The number of benzene rings is 2. The van der Waals surface area contributed by atoms with E-state index in [0.29, 0.717) is 22.9 Å². The van der Waals surface area contributed by atoms with Crippen LogP contribution in [0.1, 0.15) is 21.9 Å². The second-order valence-corrected chi connectivity index (χ2v) is 8.91. The molecule has 0 unspecified atom stereocenters. The normalized spacial score (nSPS) is 12.9. The molecule has 3 aromatic rings. The number of carbonyl (C=O) groups excluding carboxylic acids is 1. The molecule has 2 heterocycles. The van der Waals surface area contributed by atoms with E-state index in [4.69, 9.17) is 13.9 Å². The van der Waals surface area contributed by atoms with E-state index >= 15 is 0 Å². The maximum atomic E-state index is 12.7. The number of carbonyl (C=O) groups is 1. The summed E-state index contributed by atoms with van der Waals surface area (Å²) in [6.45, 7) is 2.03. The summed E-state index contributed by atoms with van der Waals surface area (Å²) >= 11 is 0. The van der Waals surface area contributed by atoms with Crippen LogP contribution < -0.4 is 14.8 Å². The highest BCUT2D eigenvalue weighted by Crippen LogP contribution is 2.34. The van der Waals surface area contributed by atoms with Gasteiger partial charge in [-0.3, -0.25) is 4.79 Å². The van der Waals surface area contributed by atoms with Crippen molar-refractivity contribution in [1.82, 2.24) is 4.31 Å². The summed E-state index contributed by atoms with van der Waals surface area (Å²) in [6.07, 6.45) is 0. The highest BCUT2D eigenvalue weighted by molar-refractivity contribution is 7.89. The Morgan fingerprint density at radius 1 is 1.03 bits per heavy atom. The predicted molar refractivity (Wildman–Crippen MR) is 109 cm³/mol. The zero-order valence-electron chi connectivity index (χ0n) is 16.4. The average Bonchev–Trinajstić information content (AvgIpc) is 3.37. The number of furan rings is 1. The van der Waals surface area contributed by atoms with Crippen LogP contribution in [-0.2, 0) is 16.6 Å². The molecule has 0 aliphatic carbocycles. The quantitative estimate of drug-likeness (QED) is 0.646. The molecular weight excluding hydrogens is 408 g/mol. The number of hydrogen-bond acceptors (Lipinski definition) is 6. The van der Waals surface area contributed by atoms with Crippen molar-refractivity contribution in [2.45, 2.75) is 18.4 Å². The van der Waals surface area contributed by atoms with E-state index in [9.17, 15) is 13.2 Å². The third-order valence-electron chi connectivity index (χ3n) is 4.62. The molecule has 1 amide bonds. The lowest BCUT2D eigenvalue weighted by Gasteiger charge is -2.16. The minimum absolute atomic E-state index is 0.00643. The molecule has 1 aromatic heterocycles. The van der Waals surface area contributed by atoms with E-state index in [2.05, 4.69) is 5.32 Å². The molecule has 8 nitrogen and oxygen atoms in total. The monoisotopic (exact) mass is 428 g/mol. The molecule has 2 aromatic carbocycles. The van der Waals surface area contributed by atoms with Crippen molar-refractivity contribution in [3.8, 4) is 11.5 Å². The number of anilines is 1. The van der Waals surface area contributed by atoms with Crippen LogP contribution in [0.25, 0.3) is 0 Å². The minimum atomic E-state index is -3.67. The van der Waals surface area contributed by atoms with E-state index in [1.807, 2.05) is 6.92 Å². The van der Waals surface area contributed by atoms with Crippen molar-refractivity contribution < 1.29 is 27.1 Å². The number of rotatable bonds is 6. The van der Waals surface area contributed by atoms with Gasteiger partial charge in [0.2, 0.25) is 16.8 Å². The largest absolute Gasteiger partial charge is 0.455 e. The third kappa shape index (κ3) is 4.03. The fourth-order valence-electron chi connectivity index (χ4n) is 2.95. The Balaban J connectivity index is 1.43. The summed E-state index contributed by atoms with van der Waals surface area (Å²) < 4.78 is 42.7. The van der Waals surface area contributed by atoms with E-state index in [1.165, 1.54) is 17.4 Å². The van der Waals surface area contributed by atoms with Crippen LogP contribution in [0.15, 0.2) is 63.9 Å². The maximum Gasteiger partial charge on any atom is 0.291 e. The molecule has 1 aliphatic rings. The Morgan fingerprint density at radius 2 is 1.77 bits per heavy atom. The lowest BCUT2D eigenvalue weighted by atomic mass is 10.2. The van der Waals surface area contributed by atoms with Gasteiger partial charge in [0.1, 0.15) is 5.76 Å². The molecular formula is C21H20N2O6S. The van der Waals surface area contributed by atoms with Crippen LogP contribution in [0, 0.1) is 6.92 Å². The molecule has 4 rings (SSSR count). The van der Waals surface area contributed by atoms with Gasteiger partial charge in [-0.05, 0) is 43.3 Å². The Bertz CT molecular complexity index is 1180. The molecule has 9 heteroatoms. The standard InChI is InChI=1S/C21H20N2O6S/c1-14-3-7-17(8-4-14)30(25,26)23(2)12-16-6-10-19(29-16)21(24)22-15-5-9-18-20(11-15)28-13-27-18/h3-11H,12-13H2,1-2H3,(H,22,24). The number of sulfonamides is 1. The summed E-state index contributed by atoms with van der Waals surface area (Å²) in [7, 11) is -2.21. The highest BCUT2D eigenvalue weighted by Gasteiger charge is 2.23. The third-order valence-corrected chi connectivity index (χ3v) is 6.44. The number of ether oxygens (including phenoxy) is 2. The van der Waals surface area contributed by atoms with Crippen LogP contribution in [0.4, 0.5) is 5.69 Å². The van der Waals surface area contributed by atoms with Crippen molar-refractivity contribution in [2.24, 2.45) is 0 Å². The predicted octanol–water partition coefficient (Wildman–Crippen LogP) is 3.39.